The zero-order chi connectivity index (χ0) is 26.5. The summed E-state index contributed by atoms with van der Waals surface area (Å²) < 4.78 is 5.88. The van der Waals surface area contributed by atoms with Crippen molar-refractivity contribution in [2.75, 3.05) is 0 Å². The van der Waals surface area contributed by atoms with Gasteiger partial charge in [0.25, 0.3) is 0 Å². The lowest BCUT2D eigenvalue weighted by Crippen LogP contribution is -2.67. The standard InChI is InChI=1S/C32H50O4/c1-19(2)21-11-16-32(27(34)35)18-17-30(7)22(26(21)32)9-10-24-29(6)14-13-25(36-20(3)33)28(4,5)23(29)12-15-31(24,30)8/h21-26H,1,9-18H2,2-8H3,(H,34,35)/t21-,22?,23?,24?,25-,26+,29-,30+,31+,32-/m0/s1. The van der Waals surface area contributed by atoms with Crippen LogP contribution in [0.1, 0.15) is 113 Å². The molecule has 0 heterocycles. The van der Waals surface area contributed by atoms with Gasteiger partial charge in [-0.1, -0.05) is 46.8 Å². The average Bonchev–Trinajstić information content (AvgIpc) is 3.17. The van der Waals surface area contributed by atoms with Crippen molar-refractivity contribution in [2.45, 2.75) is 119 Å². The molecule has 5 aliphatic rings. The van der Waals surface area contributed by atoms with Crippen LogP contribution in [0.4, 0.5) is 0 Å². The third-order valence-electron chi connectivity index (χ3n) is 13.7. The van der Waals surface area contributed by atoms with E-state index in [0.717, 1.165) is 44.9 Å². The fourth-order valence-electron chi connectivity index (χ4n) is 11.9. The lowest BCUT2D eigenvalue weighted by atomic mass is 9.32. The van der Waals surface area contributed by atoms with Crippen LogP contribution in [0.15, 0.2) is 12.2 Å². The molecule has 10 atom stereocenters. The molecule has 0 amide bonds. The first-order chi connectivity index (χ1) is 16.6. The van der Waals surface area contributed by atoms with E-state index in [-0.39, 0.29) is 39.7 Å². The van der Waals surface area contributed by atoms with Crippen molar-refractivity contribution < 1.29 is 19.4 Å². The number of rotatable bonds is 3. The predicted octanol–water partition coefficient (Wildman–Crippen LogP) is 7.66. The fraction of sp³-hybridized carbons (Fsp3) is 0.875. The van der Waals surface area contributed by atoms with E-state index in [0.29, 0.717) is 23.7 Å². The quantitative estimate of drug-likeness (QED) is 0.320. The number of hydrogen-bond donors (Lipinski definition) is 1. The van der Waals surface area contributed by atoms with Gasteiger partial charge in [-0.25, -0.2) is 0 Å². The first-order valence-corrected chi connectivity index (χ1v) is 14.7. The summed E-state index contributed by atoms with van der Waals surface area (Å²) in [7, 11) is 0. The lowest BCUT2D eigenvalue weighted by Gasteiger charge is -2.72. The van der Waals surface area contributed by atoms with Crippen molar-refractivity contribution in [1.29, 1.82) is 0 Å². The topological polar surface area (TPSA) is 63.6 Å². The van der Waals surface area contributed by atoms with Gasteiger partial charge in [0.2, 0.25) is 0 Å². The second kappa shape index (κ2) is 8.09. The average molecular weight is 499 g/mol. The van der Waals surface area contributed by atoms with Crippen LogP contribution in [0.25, 0.3) is 0 Å². The summed E-state index contributed by atoms with van der Waals surface area (Å²) >= 11 is 0. The van der Waals surface area contributed by atoms with Crippen LogP contribution >= 0.6 is 0 Å². The molecule has 0 aliphatic heterocycles. The van der Waals surface area contributed by atoms with Gasteiger partial charge in [0.15, 0.2) is 0 Å². The van der Waals surface area contributed by atoms with Crippen molar-refractivity contribution in [3.8, 4) is 0 Å². The summed E-state index contributed by atoms with van der Waals surface area (Å²) in [6.07, 6.45) is 10.5. The molecule has 1 N–H and O–H groups in total. The Labute approximate surface area is 219 Å². The Morgan fingerprint density at radius 3 is 2.11 bits per heavy atom. The molecular weight excluding hydrogens is 448 g/mol. The molecule has 5 aliphatic carbocycles. The second-order valence-corrected chi connectivity index (χ2v) is 15.1. The number of fused-ring (bicyclic) bond motifs is 7. The predicted molar refractivity (Wildman–Crippen MR) is 142 cm³/mol. The SMILES string of the molecule is C=C(C)[C@@H]1CC[C@]2(C(=O)O)CC[C@]3(C)C(CCC4[C@@]5(C)CC[C@H](OC(C)=O)C(C)(C)C5CC[C@]43C)[C@@H]12. The molecule has 0 aromatic heterocycles. The number of allylic oxidation sites excluding steroid dienone is 1. The van der Waals surface area contributed by atoms with E-state index in [1.54, 1.807) is 6.92 Å². The molecule has 3 unspecified atom stereocenters. The Hall–Kier alpha value is -1.32. The van der Waals surface area contributed by atoms with Crippen molar-refractivity contribution in [3.63, 3.8) is 0 Å². The van der Waals surface area contributed by atoms with Gasteiger partial charge < -0.3 is 9.84 Å². The van der Waals surface area contributed by atoms with Crippen molar-refractivity contribution in [2.24, 2.45) is 56.7 Å². The Balaban J connectivity index is 1.52. The Kier molecular flexibility index (Phi) is 5.91. The van der Waals surface area contributed by atoms with Gasteiger partial charge >= 0.3 is 11.9 Å². The molecule has 0 bridgehead atoms. The fourth-order valence-corrected chi connectivity index (χ4v) is 11.9. The van der Waals surface area contributed by atoms with Gasteiger partial charge in [0, 0.05) is 12.3 Å². The second-order valence-electron chi connectivity index (χ2n) is 15.1. The number of ether oxygens (including phenoxy) is 1. The molecule has 0 aromatic carbocycles. The largest absolute Gasteiger partial charge is 0.481 e. The minimum absolute atomic E-state index is 0.00466. The third-order valence-corrected chi connectivity index (χ3v) is 13.7. The Morgan fingerprint density at radius 1 is 0.806 bits per heavy atom. The number of esters is 1. The minimum Gasteiger partial charge on any atom is -0.481 e. The number of aliphatic carboxylic acids is 1. The van der Waals surface area contributed by atoms with Crippen LogP contribution < -0.4 is 0 Å². The van der Waals surface area contributed by atoms with E-state index in [1.165, 1.54) is 24.8 Å². The number of carboxylic acid groups (broad SMARTS) is 1. The third kappa shape index (κ3) is 3.17. The molecular formula is C32H50O4. The molecule has 0 aromatic rings. The van der Waals surface area contributed by atoms with E-state index in [4.69, 9.17) is 4.74 Å². The first-order valence-electron chi connectivity index (χ1n) is 14.7. The molecule has 4 heteroatoms. The maximum Gasteiger partial charge on any atom is 0.309 e. The summed E-state index contributed by atoms with van der Waals surface area (Å²) in [6.45, 7) is 20.4. The van der Waals surface area contributed by atoms with Gasteiger partial charge in [-0.05, 0) is 117 Å². The van der Waals surface area contributed by atoms with Gasteiger partial charge in [0.05, 0.1) is 5.41 Å². The zero-order valence-corrected chi connectivity index (χ0v) is 23.9. The molecule has 202 valence electrons. The van der Waals surface area contributed by atoms with E-state index >= 15 is 0 Å². The van der Waals surface area contributed by atoms with Gasteiger partial charge in [-0.2, -0.15) is 0 Å². The number of carboxylic acids is 1. The van der Waals surface area contributed by atoms with Gasteiger partial charge in [0.1, 0.15) is 6.10 Å². The summed E-state index contributed by atoms with van der Waals surface area (Å²) in [5.74, 6) is 1.49. The van der Waals surface area contributed by atoms with Crippen molar-refractivity contribution >= 4 is 11.9 Å². The zero-order valence-electron chi connectivity index (χ0n) is 23.9. The highest BCUT2D eigenvalue weighted by atomic mass is 16.5. The highest BCUT2D eigenvalue weighted by molar-refractivity contribution is 5.76. The smallest absolute Gasteiger partial charge is 0.309 e. The van der Waals surface area contributed by atoms with Gasteiger partial charge in [-0.15, -0.1) is 0 Å². The molecule has 5 fully saturated rings. The van der Waals surface area contributed by atoms with E-state index < -0.39 is 11.4 Å². The van der Waals surface area contributed by atoms with E-state index in [2.05, 4.69) is 48.1 Å². The highest BCUT2D eigenvalue weighted by Gasteiger charge is 2.72. The van der Waals surface area contributed by atoms with Crippen molar-refractivity contribution in [1.82, 2.24) is 0 Å². The van der Waals surface area contributed by atoms with Crippen LogP contribution in [-0.4, -0.2) is 23.1 Å². The van der Waals surface area contributed by atoms with E-state index in [9.17, 15) is 14.7 Å². The minimum atomic E-state index is -0.553. The number of carbonyl (C=O) groups excluding carboxylic acids is 1. The molecule has 5 saturated carbocycles. The molecule has 36 heavy (non-hydrogen) atoms. The first kappa shape index (κ1) is 26.3. The lowest BCUT2D eigenvalue weighted by molar-refractivity contribution is -0.250. The van der Waals surface area contributed by atoms with Gasteiger partial charge in [-0.3, -0.25) is 9.59 Å². The van der Waals surface area contributed by atoms with Crippen LogP contribution in [0.5, 0.6) is 0 Å². The van der Waals surface area contributed by atoms with Crippen LogP contribution in [-0.2, 0) is 14.3 Å². The summed E-state index contributed by atoms with van der Waals surface area (Å²) in [5.41, 5.74) is 1.20. The normalized spacial score (nSPS) is 51.2. The molecule has 5 rings (SSSR count). The van der Waals surface area contributed by atoms with Crippen LogP contribution in [0.2, 0.25) is 0 Å². The number of carbonyl (C=O) groups is 2. The van der Waals surface area contributed by atoms with Crippen LogP contribution in [0, 0.1) is 56.7 Å². The van der Waals surface area contributed by atoms with Crippen LogP contribution in [0.3, 0.4) is 0 Å². The summed E-state index contributed by atoms with van der Waals surface area (Å²) in [6, 6.07) is 0. The maximum atomic E-state index is 12.8. The highest BCUT2D eigenvalue weighted by Crippen LogP contribution is 2.77. The summed E-state index contributed by atoms with van der Waals surface area (Å²) in [4.78, 5) is 24.7. The molecule has 0 saturated heterocycles. The van der Waals surface area contributed by atoms with E-state index in [1.807, 2.05) is 0 Å². The van der Waals surface area contributed by atoms with Crippen molar-refractivity contribution in [3.05, 3.63) is 12.2 Å². The Bertz CT molecular complexity index is 967. The monoisotopic (exact) mass is 498 g/mol. The molecule has 0 radical (unpaired) electrons. The summed E-state index contributed by atoms with van der Waals surface area (Å²) in [5, 5.41) is 10.5. The Morgan fingerprint density at radius 2 is 1.50 bits per heavy atom. The maximum absolute atomic E-state index is 12.8. The molecule has 0 spiro atoms. The molecule has 4 nitrogen and oxygen atoms in total. The number of hydrogen-bond acceptors (Lipinski definition) is 3.